The lowest BCUT2D eigenvalue weighted by Gasteiger charge is -2.09. The summed E-state index contributed by atoms with van der Waals surface area (Å²) in [7, 11) is 1.59. The fourth-order valence-corrected chi connectivity index (χ4v) is 3.84. The number of aromatic nitrogens is 4. The van der Waals surface area contributed by atoms with E-state index in [9.17, 15) is 14.7 Å². The van der Waals surface area contributed by atoms with E-state index in [4.69, 9.17) is 0 Å². The summed E-state index contributed by atoms with van der Waals surface area (Å²) in [5.74, 6) is 0.601. The molecule has 0 radical (unpaired) electrons. The van der Waals surface area contributed by atoms with Gasteiger partial charge in [-0.1, -0.05) is 51.9 Å². The molecule has 0 aliphatic heterocycles. The fraction of sp³-hybridized carbons (Fsp3) is 0.500. The molecule has 0 atom stereocenters. The zero-order valence-corrected chi connectivity index (χ0v) is 19.7. The van der Waals surface area contributed by atoms with Gasteiger partial charge in [0.05, 0.1) is 5.71 Å². The van der Waals surface area contributed by atoms with Crippen molar-refractivity contribution >= 4 is 22.8 Å². The van der Waals surface area contributed by atoms with Crippen molar-refractivity contribution in [1.82, 2.24) is 19.1 Å². The van der Waals surface area contributed by atoms with E-state index in [1.165, 1.54) is 36.7 Å². The number of hydrazone groups is 1. The van der Waals surface area contributed by atoms with Crippen LogP contribution < -0.4 is 16.7 Å². The van der Waals surface area contributed by atoms with Crippen LogP contribution in [0.15, 0.2) is 39.0 Å². The summed E-state index contributed by atoms with van der Waals surface area (Å²) in [4.78, 5) is 31.5. The molecule has 0 bridgehead atoms. The van der Waals surface area contributed by atoms with Gasteiger partial charge in [-0.3, -0.25) is 14.3 Å². The molecule has 3 rings (SSSR count). The molecule has 2 aromatic heterocycles. The van der Waals surface area contributed by atoms with Crippen molar-refractivity contribution in [1.29, 1.82) is 0 Å². The van der Waals surface area contributed by atoms with Crippen molar-refractivity contribution in [2.75, 3.05) is 5.43 Å². The van der Waals surface area contributed by atoms with Crippen LogP contribution in [-0.4, -0.2) is 29.9 Å². The van der Waals surface area contributed by atoms with Crippen molar-refractivity contribution in [3.8, 4) is 5.75 Å². The highest BCUT2D eigenvalue weighted by Crippen LogP contribution is 2.18. The van der Waals surface area contributed by atoms with Gasteiger partial charge in [-0.05, 0) is 43.2 Å². The first-order chi connectivity index (χ1) is 15.9. The molecule has 0 fully saturated rings. The Morgan fingerprint density at radius 3 is 2.36 bits per heavy atom. The number of hydrogen-bond acceptors (Lipinski definition) is 6. The van der Waals surface area contributed by atoms with Crippen molar-refractivity contribution in [2.45, 2.75) is 71.8 Å². The van der Waals surface area contributed by atoms with Gasteiger partial charge in [-0.2, -0.15) is 10.1 Å². The fourth-order valence-electron chi connectivity index (χ4n) is 3.84. The Morgan fingerprint density at radius 1 is 1.06 bits per heavy atom. The van der Waals surface area contributed by atoms with Crippen molar-refractivity contribution in [3.63, 3.8) is 0 Å². The molecule has 3 aromatic rings. The van der Waals surface area contributed by atoms with Crippen LogP contribution in [0.4, 0.5) is 5.95 Å². The number of nitrogens with one attached hydrogen (secondary N) is 2. The molecule has 0 aliphatic rings. The molecule has 9 nitrogen and oxygen atoms in total. The van der Waals surface area contributed by atoms with Gasteiger partial charge in [-0.25, -0.2) is 10.2 Å². The van der Waals surface area contributed by atoms with Crippen LogP contribution in [0.1, 0.15) is 70.8 Å². The minimum Gasteiger partial charge on any atom is -0.508 e. The minimum absolute atomic E-state index is 0.187. The number of H-pyrrole nitrogens is 1. The van der Waals surface area contributed by atoms with Crippen LogP contribution in [0.3, 0.4) is 0 Å². The summed E-state index contributed by atoms with van der Waals surface area (Å²) in [5, 5.41) is 13.9. The van der Waals surface area contributed by atoms with Gasteiger partial charge in [0.15, 0.2) is 11.2 Å². The number of hydrogen-bond donors (Lipinski definition) is 3. The summed E-state index contributed by atoms with van der Waals surface area (Å²) in [6.07, 6.45) is 9.44. The number of nitrogens with zero attached hydrogens (tertiary/aromatic N) is 4. The summed E-state index contributed by atoms with van der Waals surface area (Å²) < 4.78 is 3.14. The smallest absolute Gasteiger partial charge is 0.329 e. The number of rotatable bonds is 12. The molecule has 0 saturated carbocycles. The lowest BCUT2D eigenvalue weighted by atomic mass is 10.1. The number of benzene rings is 1. The molecule has 2 heterocycles. The predicted molar refractivity (Wildman–Crippen MR) is 132 cm³/mol. The summed E-state index contributed by atoms with van der Waals surface area (Å²) in [5.41, 5.74) is 4.25. The largest absolute Gasteiger partial charge is 0.508 e. The maximum atomic E-state index is 12.6. The first-order valence-corrected chi connectivity index (χ1v) is 11.7. The van der Waals surface area contributed by atoms with Crippen molar-refractivity contribution < 1.29 is 5.11 Å². The Kier molecular flexibility index (Phi) is 8.46. The molecular formula is C24H34N6O3. The monoisotopic (exact) mass is 454 g/mol. The number of aromatic hydroxyl groups is 1. The van der Waals surface area contributed by atoms with Gasteiger partial charge in [0.25, 0.3) is 5.56 Å². The Labute approximate surface area is 193 Å². The highest BCUT2D eigenvalue weighted by atomic mass is 16.3. The minimum atomic E-state index is -0.500. The van der Waals surface area contributed by atoms with E-state index in [1.54, 1.807) is 35.9 Å². The third-order valence-corrected chi connectivity index (χ3v) is 5.85. The zero-order valence-electron chi connectivity index (χ0n) is 19.7. The van der Waals surface area contributed by atoms with Crippen LogP contribution >= 0.6 is 0 Å². The molecule has 0 spiro atoms. The van der Waals surface area contributed by atoms with Crippen molar-refractivity contribution in [2.24, 2.45) is 12.1 Å². The van der Waals surface area contributed by atoms with E-state index in [-0.39, 0.29) is 5.75 Å². The van der Waals surface area contributed by atoms with E-state index in [0.717, 1.165) is 24.8 Å². The molecule has 0 amide bonds. The summed E-state index contributed by atoms with van der Waals surface area (Å²) in [6.45, 7) is 4.66. The normalized spacial score (nSPS) is 11.9. The van der Waals surface area contributed by atoms with Gasteiger partial charge in [0, 0.05) is 13.6 Å². The molecule has 33 heavy (non-hydrogen) atoms. The van der Waals surface area contributed by atoms with Crippen molar-refractivity contribution in [3.05, 3.63) is 50.7 Å². The van der Waals surface area contributed by atoms with Crippen LogP contribution in [0, 0.1) is 0 Å². The average molecular weight is 455 g/mol. The second-order valence-electron chi connectivity index (χ2n) is 8.41. The van der Waals surface area contributed by atoms with Gasteiger partial charge in [0.1, 0.15) is 5.75 Å². The van der Waals surface area contributed by atoms with E-state index in [2.05, 4.69) is 27.4 Å². The standard InChI is InChI=1S/C24H34N6O3/c1-4-5-6-7-8-9-10-11-16-30-20-21(29(3)24(33)26-22(20)32)25-23(30)28-27-17(2)18-12-14-19(31)15-13-18/h12-15,31H,4-11,16H2,1-3H3,(H,25,28)(H,26,32,33). The number of phenolic OH excluding ortho intramolecular Hbond substituents is 1. The van der Waals surface area contributed by atoms with E-state index >= 15 is 0 Å². The molecule has 0 unspecified atom stereocenters. The Morgan fingerprint density at radius 2 is 1.70 bits per heavy atom. The van der Waals surface area contributed by atoms with E-state index in [1.807, 2.05) is 6.92 Å². The number of imidazole rings is 1. The Balaban J connectivity index is 1.79. The van der Waals surface area contributed by atoms with Crippen LogP contribution in [0.5, 0.6) is 5.75 Å². The number of aryl methyl sites for hydroxylation is 2. The van der Waals surface area contributed by atoms with E-state index < -0.39 is 11.2 Å². The lowest BCUT2D eigenvalue weighted by molar-refractivity contribution is 0.475. The lowest BCUT2D eigenvalue weighted by Crippen LogP contribution is -2.29. The van der Waals surface area contributed by atoms with Crippen LogP contribution in [0.25, 0.3) is 11.2 Å². The van der Waals surface area contributed by atoms with Crippen LogP contribution in [-0.2, 0) is 13.6 Å². The second-order valence-corrected chi connectivity index (χ2v) is 8.41. The highest BCUT2D eigenvalue weighted by molar-refractivity contribution is 5.99. The number of anilines is 1. The number of aromatic amines is 1. The maximum absolute atomic E-state index is 12.6. The molecule has 0 saturated heterocycles. The SMILES string of the molecule is CCCCCCCCCCn1c(NN=C(C)c2ccc(O)cc2)nc2c1c(=O)[nH]c(=O)n2C. The summed E-state index contributed by atoms with van der Waals surface area (Å²) in [6, 6.07) is 6.74. The van der Waals surface area contributed by atoms with Gasteiger partial charge in [0.2, 0.25) is 5.95 Å². The molecule has 3 N–H and O–H groups in total. The molecule has 178 valence electrons. The molecular weight excluding hydrogens is 420 g/mol. The van der Waals surface area contributed by atoms with Gasteiger partial charge < -0.3 is 9.67 Å². The first kappa shape index (κ1) is 24.3. The third-order valence-electron chi connectivity index (χ3n) is 5.85. The Hall–Kier alpha value is -3.36. The Bertz CT molecular complexity index is 1200. The average Bonchev–Trinajstić information content (AvgIpc) is 3.17. The summed E-state index contributed by atoms with van der Waals surface area (Å²) >= 11 is 0. The zero-order chi connectivity index (χ0) is 23.8. The van der Waals surface area contributed by atoms with E-state index in [0.29, 0.717) is 29.4 Å². The molecule has 0 aliphatic carbocycles. The molecule has 1 aromatic carbocycles. The predicted octanol–water partition coefficient (Wildman–Crippen LogP) is 4.11. The van der Waals surface area contributed by atoms with Gasteiger partial charge >= 0.3 is 5.69 Å². The highest BCUT2D eigenvalue weighted by Gasteiger charge is 2.17. The maximum Gasteiger partial charge on any atom is 0.329 e. The third kappa shape index (κ3) is 6.12. The second kappa shape index (κ2) is 11.5. The molecule has 9 heteroatoms. The number of unbranched alkanes of at least 4 members (excludes halogenated alkanes) is 7. The van der Waals surface area contributed by atoms with Gasteiger partial charge in [-0.15, -0.1) is 0 Å². The number of fused-ring (bicyclic) bond motifs is 1. The first-order valence-electron chi connectivity index (χ1n) is 11.7. The quantitative estimate of drug-likeness (QED) is 0.216. The van der Waals surface area contributed by atoms with Crippen LogP contribution in [0.2, 0.25) is 0 Å². The topological polar surface area (TPSA) is 117 Å². The number of phenols is 1.